The second kappa shape index (κ2) is 7.01. The van der Waals surface area contributed by atoms with Crippen molar-refractivity contribution in [3.05, 3.63) is 75.6 Å². The van der Waals surface area contributed by atoms with Crippen LogP contribution in [0.1, 0.15) is 0 Å². The molecule has 0 aliphatic heterocycles. The lowest BCUT2D eigenvalue weighted by Crippen LogP contribution is -2.36. The molecule has 0 saturated heterocycles. The standard InChI is InChI=1S/C22H21N3O4/c1-23-18-13-25(15-7-11-17(29-4)12-8-15)20(14-5-9-16(28-3)10-6-14)19(18)21(26)24(2)22(23)27/h5-13H,1-4H3. The van der Waals surface area contributed by atoms with Crippen LogP contribution < -0.4 is 20.7 Å². The van der Waals surface area contributed by atoms with E-state index < -0.39 is 0 Å². The van der Waals surface area contributed by atoms with E-state index in [0.717, 1.165) is 27.3 Å². The molecule has 0 aliphatic rings. The summed E-state index contributed by atoms with van der Waals surface area (Å²) < 4.78 is 15.1. The van der Waals surface area contributed by atoms with Crippen molar-refractivity contribution >= 4 is 10.9 Å². The van der Waals surface area contributed by atoms with Gasteiger partial charge in [0.05, 0.1) is 30.8 Å². The first-order valence-electron chi connectivity index (χ1n) is 9.06. The van der Waals surface area contributed by atoms with Crippen LogP contribution in [-0.4, -0.2) is 27.9 Å². The number of nitrogens with zero attached hydrogens (tertiary/aromatic N) is 3. The number of benzene rings is 2. The van der Waals surface area contributed by atoms with Crippen molar-refractivity contribution in [1.29, 1.82) is 0 Å². The molecule has 2 heterocycles. The lowest BCUT2D eigenvalue weighted by molar-refractivity contribution is 0.414. The second-order valence-corrected chi connectivity index (χ2v) is 6.74. The van der Waals surface area contributed by atoms with Crippen LogP contribution >= 0.6 is 0 Å². The van der Waals surface area contributed by atoms with Crippen LogP contribution in [0.15, 0.2) is 64.3 Å². The second-order valence-electron chi connectivity index (χ2n) is 6.74. The highest BCUT2D eigenvalue weighted by molar-refractivity contribution is 5.94. The van der Waals surface area contributed by atoms with Crippen LogP contribution in [0.2, 0.25) is 0 Å². The highest BCUT2D eigenvalue weighted by atomic mass is 16.5. The number of aryl methyl sites for hydroxylation is 1. The van der Waals surface area contributed by atoms with Crippen molar-refractivity contribution < 1.29 is 9.47 Å². The summed E-state index contributed by atoms with van der Waals surface area (Å²) in [5.74, 6) is 1.46. The molecule has 0 radical (unpaired) electrons. The Hall–Kier alpha value is -3.74. The largest absolute Gasteiger partial charge is 0.497 e. The first-order chi connectivity index (χ1) is 14.0. The first kappa shape index (κ1) is 18.6. The van der Waals surface area contributed by atoms with Crippen molar-refractivity contribution in [2.24, 2.45) is 14.1 Å². The fourth-order valence-corrected chi connectivity index (χ4v) is 3.52. The molecule has 4 aromatic rings. The Morgan fingerprint density at radius 3 is 1.86 bits per heavy atom. The summed E-state index contributed by atoms with van der Waals surface area (Å²) in [7, 11) is 6.38. The van der Waals surface area contributed by atoms with E-state index in [1.807, 2.05) is 59.3 Å². The third-order valence-corrected chi connectivity index (χ3v) is 5.15. The zero-order valence-electron chi connectivity index (χ0n) is 16.7. The van der Waals surface area contributed by atoms with Gasteiger partial charge in [0, 0.05) is 26.0 Å². The number of fused-ring (bicyclic) bond motifs is 1. The molecule has 2 aromatic carbocycles. The Balaban J connectivity index is 2.11. The normalized spacial score (nSPS) is 11.0. The molecule has 148 valence electrons. The minimum Gasteiger partial charge on any atom is -0.497 e. The number of aromatic nitrogens is 3. The quantitative estimate of drug-likeness (QED) is 0.537. The van der Waals surface area contributed by atoms with E-state index in [9.17, 15) is 9.59 Å². The summed E-state index contributed by atoms with van der Waals surface area (Å²) in [6, 6.07) is 15.0. The average molecular weight is 391 g/mol. The molecule has 0 bridgehead atoms. The smallest absolute Gasteiger partial charge is 0.330 e. The van der Waals surface area contributed by atoms with Crippen LogP contribution in [0.25, 0.3) is 27.8 Å². The van der Waals surface area contributed by atoms with Gasteiger partial charge < -0.3 is 14.0 Å². The molecule has 0 fully saturated rings. The van der Waals surface area contributed by atoms with Gasteiger partial charge in [-0.1, -0.05) is 0 Å². The van der Waals surface area contributed by atoms with Gasteiger partial charge in [0.15, 0.2) is 0 Å². The number of hydrogen-bond donors (Lipinski definition) is 0. The van der Waals surface area contributed by atoms with Gasteiger partial charge >= 0.3 is 5.69 Å². The number of rotatable bonds is 4. The van der Waals surface area contributed by atoms with Crippen LogP contribution in [-0.2, 0) is 14.1 Å². The average Bonchev–Trinajstić information content (AvgIpc) is 3.17. The van der Waals surface area contributed by atoms with Crippen molar-refractivity contribution in [3.8, 4) is 28.4 Å². The molecule has 0 saturated carbocycles. The fraction of sp³-hybridized carbons (Fsp3) is 0.182. The summed E-state index contributed by atoms with van der Waals surface area (Å²) in [5, 5.41) is 0.482. The van der Waals surface area contributed by atoms with Gasteiger partial charge in [-0.2, -0.15) is 0 Å². The zero-order chi connectivity index (χ0) is 20.7. The minimum absolute atomic E-state index is 0.332. The summed E-state index contributed by atoms with van der Waals surface area (Å²) in [6.07, 6.45) is 1.82. The Kier molecular flexibility index (Phi) is 4.50. The highest BCUT2D eigenvalue weighted by Crippen LogP contribution is 2.32. The van der Waals surface area contributed by atoms with Gasteiger partial charge in [-0.3, -0.25) is 13.9 Å². The summed E-state index contributed by atoms with van der Waals surface area (Å²) in [6.45, 7) is 0. The minimum atomic E-state index is -0.365. The molecule has 29 heavy (non-hydrogen) atoms. The maximum atomic E-state index is 13.1. The molecule has 2 aromatic heterocycles. The van der Waals surface area contributed by atoms with Crippen LogP contribution in [0.4, 0.5) is 0 Å². The molecule has 0 amide bonds. The van der Waals surface area contributed by atoms with Crippen molar-refractivity contribution in [2.45, 2.75) is 0 Å². The number of hydrogen-bond acceptors (Lipinski definition) is 4. The predicted molar refractivity (Wildman–Crippen MR) is 112 cm³/mol. The van der Waals surface area contributed by atoms with Crippen LogP contribution in [0.5, 0.6) is 11.5 Å². The molecule has 0 atom stereocenters. The Labute approximate surface area is 167 Å². The molecule has 7 heteroatoms. The first-order valence-corrected chi connectivity index (χ1v) is 9.06. The topological polar surface area (TPSA) is 67.4 Å². The number of ether oxygens (including phenoxy) is 2. The van der Waals surface area contributed by atoms with Crippen molar-refractivity contribution in [1.82, 2.24) is 13.7 Å². The van der Waals surface area contributed by atoms with Crippen LogP contribution in [0.3, 0.4) is 0 Å². The monoisotopic (exact) mass is 391 g/mol. The van der Waals surface area contributed by atoms with Gasteiger partial charge in [-0.25, -0.2) is 4.79 Å². The summed E-state index contributed by atoms with van der Waals surface area (Å²) >= 11 is 0. The van der Waals surface area contributed by atoms with E-state index in [-0.39, 0.29) is 11.2 Å². The van der Waals surface area contributed by atoms with E-state index in [1.165, 1.54) is 11.6 Å². The molecule has 0 unspecified atom stereocenters. The maximum absolute atomic E-state index is 13.1. The summed E-state index contributed by atoms with van der Waals surface area (Å²) in [4.78, 5) is 25.5. The van der Waals surface area contributed by atoms with Gasteiger partial charge in [-0.05, 0) is 54.1 Å². The third kappa shape index (κ3) is 2.91. The van der Waals surface area contributed by atoms with E-state index in [2.05, 4.69) is 0 Å². The predicted octanol–water partition coefficient (Wildman–Crippen LogP) is 2.71. The molecule has 4 rings (SSSR count). The molecule has 0 aliphatic carbocycles. The Bertz CT molecular complexity index is 1310. The SMILES string of the molecule is COc1ccc(-c2c3c(=O)n(C)c(=O)n(C)c3cn2-c2ccc(OC)cc2)cc1. The van der Waals surface area contributed by atoms with Gasteiger partial charge in [0.2, 0.25) is 0 Å². The highest BCUT2D eigenvalue weighted by Gasteiger charge is 2.20. The van der Waals surface area contributed by atoms with Gasteiger partial charge in [-0.15, -0.1) is 0 Å². The zero-order valence-corrected chi connectivity index (χ0v) is 16.7. The van der Waals surface area contributed by atoms with Gasteiger partial charge in [0.1, 0.15) is 11.5 Å². The van der Waals surface area contributed by atoms with Crippen LogP contribution in [0, 0.1) is 0 Å². The van der Waals surface area contributed by atoms with E-state index in [0.29, 0.717) is 16.6 Å². The van der Waals surface area contributed by atoms with Crippen molar-refractivity contribution in [2.75, 3.05) is 14.2 Å². The van der Waals surface area contributed by atoms with E-state index in [4.69, 9.17) is 9.47 Å². The van der Waals surface area contributed by atoms with E-state index in [1.54, 1.807) is 21.3 Å². The maximum Gasteiger partial charge on any atom is 0.330 e. The van der Waals surface area contributed by atoms with E-state index >= 15 is 0 Å². The van der Waals surface area contributed by atoms with Gasteiger partial charge in [0.25, 0.3) is 5.56 Å². The lowest BCUT2D eigenvalue weighted by Gasteiger charge is -2.11. The molecule has 0 N–H and O–H groups in total. The lowest BCUT2D eigenvalue weighted by atomic mass is 10.1. The van der Waals surface area contributed by atoms with Crippen molar-refractivity contribution in [3.63, 3.8) is 0 Å². The number of methoxy groups -OCH3 is 2. The molecule has 7 nitrogen and oxygen atoms in total. The Morgan fingerprint density at radius 1 is 0.759 bits per heavy atom. The fourth-order valence-electron chi connectivity index (χ4n) is 3.52. The third-order valence-electron chi connectivity index (χ3n) is 5.15. The molecular weight excluding hydrogens is 370 g/mol. The Morgan fingerprint density at radius 2 is 1.31 bits per heavy atom. The summed E-state index contributed by atoms with van der Waals surface area (Å²) in [5.41, 5.74) is 2.27. The molecule has 0 spiro atoms. The molecular formula is C22H21N3O4.